The second-order valence-corrected chi connectivity index (χ2v) is 4.50. The standard InChI is InChI=1S/C12H15O/c1-12(2,3)8-10-6-4-5-7-11(10)9-13/h4-7H,8H2,1-3H3. The van der Waals surface area contributed by atoms with Gasteiger partial charge < -0.3 is 0 Å². The van der Waals surface area contributed by atoms with Gasteiger partial charge in [0, 0.05) is 5.56 Å². The highest BCUT2D eigenvalue weighted by molar-refractivity contribution is 5.77. The molecule has 0 N–H and O–H groups in total. The van der Waals surface area contributed by atoms with Crippen molar-refractivity contribution in [2.45, 2.75) is 27.2 Å². The zero-order chi connectivity index (χ0) is 9.90. The van der Waals surface area contributed by atoms with E-state index in [1.165, 1.54) is 0 Å². The van der Waals surface area contributed by atoms with E-state index in [0.29, 0.717) is 5.56 Å². The number of rotatable bonds is 2. The van der Waals surface area contributed by atoms with E-state index >= 15 is 0 Å². The SMILES string of the molecule is CC(C)(C)Cc1ccccc1[C]=O. The van der Waals surface area contributed by atoms with Crippen molar-refractivity contribution in [1.82, 2.24) is 0 Å². The Balaban J connectivity index is 2.94. The maximum Gasteiger partial charge on any atom is 0.233 e. The Morgan fingerprint density at radius 2 is 1.85 bits per heavy atom. The van der Waals surface area contributed by atoms with E-state index in [2.05, 4.69) is 20.8 Å². The summed E-state index contributed by atoms with van der Waals surface area (Å²) in [6.07, 6.45) is 2.88. The normalized spacial score (nSPS) is 11.3. The third-order valence-electron chi connectivity index (χ3n) is 1.85. The third-order valence-corrected chi connectivity index (χ3v) is 1.85. The Labute approximate surface area is 79.8 Å². The Morgan fingerprint density at radius 3 is 2.38 bits per heavy atom. The van der Waals surface area contributed by atoms with Crippen LogP contribution in [-0.2, 0) is 11.2 Å². The predicted molar refractivity (Wildman–Crippen MR) is 54.4 cm³/mol. The van der Waals surface area contributed by atoms with E-state index in [-0.39, 0.29) is 5.41 Å². The summed E-state index contributed by atoms with van der Waals surface area (Å²) in [6, 6.07) is 7.63. The molecule has 0 heterocycles. The molecule has 0 saturated heterocycles. The molecule has 0 unspecified atom stereocenters. The lowest BCUT2D eigenvalue weighted by Gasteiger charge is -2.18. The Morgan fingerprint density at radius 1 is 1.23 bits per heavy atom. The molecule has 1 aromatic carbocycles. The van der Waals surface area contributed by atoms with Crippen molar-refractivity contribution in [2.75, 3.05) is 0 Å². The van der Waals surface area contributed by atoms with Crippen molar-refractivity contribution >= 4 is 6.29 Å². The molecular weight excluding hydrogens is 160 g/mol. The van der Waals surface area contributed by atoms with Gasteiger partial charge in [0.25, 0.3) is 0 Å². The zero-order valence-electron chi connectivity index (χ0n) is 8.42. The Bertz CT molecular complexity index is 294. The maximum absolute atomic E-state index is 10.6. The van der Waals surface area contributed by atoms with Crippen molar-refractivity contribution in [3.8, 4) is 0 Å². The molecule has 0 fully saturated rings. The molecule has 1 radical (unpaired) electrons. The average Bonchev–Trinajstić information content (AvgIpc) is 2.02. The summed E-state index contributed by atoms with van der Waals surface area (Å²) in [5, 5.41) is 0. The molecule has 69 valence electrons. The van der Waals surface area contributed by atoms with Crippen LogP contribution in [0.3, 0.4) is 0 Å². The lowest BCUT2D eigenvalue weighted by Crippen LogP contribution is -2.10. The molecule has 0 amide bonds. The molecule has 0 aliphatic carbocycles. The predicted octanol–water partition coefficient (Wildman–Crippen LogP) is 2.73. The van der Waals surface area contributed by atoms with Gasteiger partial charge in [-0.15, -0.1) is 0 Å². The lowest BCUT2D eigenvalue weighted by molar-refractivity contribution is 0.411. The second kappa shape index (κ2) is 3.73. The summed E-state index contributed by atoms with van der Waals surface area (Å²) in [5.74, 6) is 0. The molecule has 0 aliphatic heterocycles. The van der Waals surface area contributed by atoms with Crippen LogP contribution in [0.1, 0.15) is 31.9 Å². The minimum Gasteiger partial charge on any atom is -0.285 e. The molecule has 0 atom stereocenters. The Kier molecular flexibility index (Phi) is 2.86. The van der Waals surface area contributed by atoms with Gasteiger partial charge in [0.15, 0.2) is 0 Å². The van der Waals surface area contributed by atoms with Gasteiger partial charge in [0.05, 0.1) is 0 Å². The number of carbonyl (C=O) groups excluding carboxylic acids is 1. The van der Waals surface area contributed by atoms with Crippen LogP contribution in [-0.4, -0.2) is 6.29 Å². The van der Waals surface area contributed by atoms with Crippen LogP contribution < -0.4 is 0 Å². The van der Waals surface area contributed by atoms with Gasteiger partial charge in [-0.2, -0.15) is 0 Å². The van der Waals surface area contributed by atoms with Crippen LogP contribution in [0.4, 0.5) is 0 Å². The van der Waals surface area contributed by atoms with Crippen LogP contribution in [0.15, 0.2) is 24.3 Å². The summed E-state index contributed by atoms with van der Waals surface area (Å²) < 4.78 is 0. The summed E-state index contributed by atoms with van der Waals surface area (Å²) in [5.41, 5.74) is 2.00. The molecule has 0 bridgehead atoms. The molecule has 0 saturated carbocycles. The lowest BCUT2D eigenvalue weighted by atomic mass is 9.86. The fourth-order valence-corrected chi connectivity index (χ4v) is 1.35. The molecule has 0 aliphatic rings. The maximum atomic E-state index is 10.6. The summed E-state index contributed by atoms with van der Waals surface area (Å²) in [6.45, 7) is 6.48. The second-order valence-electron chi connectivity index (χ2n) is 4.50. The molecule has 1 heteroatoms. The highest BCUT2D eigenvalue weighted by Gasteiger charge is 2.13. The van der Waals surface area contributed by atoms with Crippen molar-refractivity contribution in [2.24, 2.45) is 5.41 Å². The first kappa shape index (κ1) is 9.97. The molecular formula is C12H15O. The number of hydrogen-bond acceptors (Lipinski definition) is 1. The van der Waals surface area contributed by atoms with E-state index in [1.54, 1.807) is 0 Å². The highest BCUT2D eigenvalue weighted by atomic mass is 16.1. The van der Waals surface area contributed by atoms with Crippen molar-refractivity contribution in [3.63, 3.8) is 0 Å². The van der Waals surface area contributed by atoms with Gasteiger partial charge >= 0.3 is 0 Å². The molecule has 13 heavy (non-hydrogen) atoms. The first-order valence-corrected chi connectivity index (χ1v) is 4.49. The topological polar surface area (TPSA) is 17.1 Å². The minimum absolute atomic E-state index is 0.215. The van der Waals surface area contributed by atoms with Crippen LogP contribution in [0.2, 0.25) is 0 Å². The van der Waals surface area contributed by atoms with Crippen molar-refractivity contribution < 1.29 is 4.79 Å². The molecule has 1 nitrogen and oxygen atoms in total. The van der Waals surface area contributed by atoms with Gasteiger partial charge in [0.2, 0.25) is 6.29 Å². The van der Waals surface area contributed by atoms with Gasteiger partial charge in [-0.05, 0) is 17.4 Å². The molecule has 0 aromatic heterocycles. The van der Waals surface area contributed by atoms with Gasteiger partial charge in [-0.25, -0.2) is 0 Å². The van der Waals surface area contributed by atoms with Gasteiger partial charge in [-0.1, -0.05) is 45.0 Å². The van der Waals surface area contributed by atoms with Crippen molar-refractivity contribution in [3.05, 3.63) is 35.4 Å². The smallest absolute Gasteiger partial charge is 0.233 e. The molecule has 0 spiro atoms. The first-order valence-electron chi connectivity index (χ1n) is 4.49. The quantitative estimate of drug-likeness (QED) is 0.675. The van der Waals surface area contributed by atoms with Crippen LogP contribution in [0, 0.1) is 5.41 Å². The van der Waals surface area contributed by atoms with Crippen LogP contribution >= 0.6 is 0 Å². The number of benzene rings is 1. The monoisotopic (exact) mass is 175 g/mol. The van der Waals surface area contributed by atoms with E-state index in [0.717, 1.165) is 12.0 Å². The highest BCUT2D eigenvalue weighted by Crippen LogP contribution is 2.21. The Hall–Kier alpha value is -1.11. The van der Waals surface area contributed by atoms with E-state index in [1.807, 2.05) is 30.6 Å². The van der Waals surface area contributed by atoms with Crippen LogP contribution in [0.5, 0.6) is 0 Å². The third kappa shape index (κ3) is 3.02. The van der Waals surface area contributed by atoms with Gasteiger partial charge in [0.1, 0.15) is 0 Å². The summed E-state index contributed by atoms with van der Waals surface area (Å²) in [4.78, 5) is 10.6. The first-order chi connectivity index (χ1) is 6.03. The van der Waals surface area contributed by atoms with E-state index in [9.17, 15) is 4.79 Å². The summed E-state index contributed by atoms with van der Waals surface area (Å²) >= 11 is 0. The molecule has 1 aromatic rings. The zero-order valence-corrected chi connectivity index (χ0v) is 8.42. The fraction of sp³-hybridized carbons (Fsp3) is 0.417. The van der Waals surface area contributed by atoms with E-state index < -0.39 is 0 Å². The number of hydrogen-bond donors (Lipinski definition) is 0. The van der Waals surface area contributed by atoms with Crippen LogP contribution in [0.25, 0.3) is 0 Å². The fourth-order valence-electron chi connectivity index (χ4n) is 1.35. The minimum atomic E-state index is 0.215. The van der Waals surface area contributed by atoms with E-state index in [4.69, 9.17) is 0 Å². The molecule has 1 rings (SSSR count). The largest absolute Gasteiger partial charge is 0.285 e. The van der Waals surface area contributed by atoms with Crippen molar-refractivity contribution in [1.29, 1.82) is 0 Å². The summed E-state index contributed by atoms with van der Waals surface area (Å²) in [7, 11) is 0. The van der Waals surface area contributed by atoms with Gasteiger partial charge in [-0.3, -0.25) is 4.79 Å². The average molecular weight is 175 g/mol.